The van der Waals surface area contributed by atoms with E-state index in [0.717, 1.165) is 4.47 Å². The van der Waals surface area contributed by atoms with E-state index < -0.39 is 18.5 Å². The van der Waals surface area contributed by atoms with Crippen molar-refractivity contribution < 1.29 is 19.1 Å². The third kappa shape index (κ3) is 5.99. The zero-order valence-electron chi connectivity index (χ0n) is 12.1. The van der Waals surface area contributed by atoms with Crippen molar-refractivity contribution in [2.24, 2.45) is 0 Å². The molecule has 24 heavy (non-hydrogen) atoms. The van der Waals surface area contributed by atoms with Crippen molar-refractivity contribution in [2.45, 2.75) is 0 Å². The predicted molar refractivity (Wildman–Crippen MR) is 93.5 cm³/mol. The molecule has 126 valence electrons. The van der Waals surface area contributed by atoms with Crippen molar-refractivity contribution in [3.8, 4) is 5.75 Å². The van der Waals surface area contributed by atoms with Gasteiger partial charge in [-0.2, -0.15) is 0 Å². The number of pyridine rings is 1. The lowest BCUT2D eigenvalue weighted by molar-refractivity contribution is -0.149. The molecule has 1 N–H and O–H groups in total. The molecule has 1 aromatic carbocycles. The third-order valence-electron chi connectivity index (χ3n) is 2.58. The lowest BCUT2D eigenvalue weighted by atomic mass is 10.3. The number of amides is 1. The highest BCUT2D eigenvalue weighted by atomic mass is 79.9. The van der Waals surface area contributed by atoms with Crippen LogP contribution in [0.2, 0.25) is 10.0 Å². The molecule has 0 unspecified atom stereocenters. The molecular weight excluding hydrogens is 423 g/mol. The summed E-state index contributed by atoms with van der Waals surface area (Å²) < 4.78 is 10.9. The fourth-order valence-corrected chi connectivity index (χ4v) is 2.37. The third-order valence-corrected chi connectivity index (χ3v) is 3.57. The Morgan fingerprint density at radius 2 is 2.00 bits per heavy atom. The first-order valence-corrected chi connectivity index (χ1v) is 8.14. The Balaban J connectivity index is 1.75. The first-order valence-electron chi connectivity index (χ1n) is 6.59. The van der Waals surface area contributed by atoms with Gasteiger partial charge >= 0.3 is 5.97 Å². The molecule has 0 saturated carbocycles. The van der Waals surface area contributed by atoms with Crippen molar-refractivity contribution in [1.82, 2.24) is 4.98 Å². The molecule has 0 fully saturated rings. The van der Waals surface area contributed by atoms with Gasteiger partial charge < -0.3 is 14.8 Å². The number of carbonyl (C=O) groups is 2. The molecule has 1 aromatic heterocycles. The van der Waals surface area contributed by atoms with Crippen LogP contribution in [0.4, 0.5) is 5.82 Å². The molecule has 9 heteroatoms. The van der Waals surface area contributed by atoms with Crippen molar-refractivity contribution in [3.05, 3.63) is 51.0 Å². The summed E-state index contributed by atoms with van der Waals surface area (Å²) >= 11 is 14.9. The van der Waals surface area contributed by atoms with Gasteiger partial charge in [-0.25, -0.2) is 9.78 Å². The summed E-state index contributed by atoms with van der Waals surface area (Å²) in [6.07, 6.45) is 1.33. The molecule has 6 nitrogen and oxygen atoms in total. The number of nitrogens with one attached hydrogen (secondary N) is 1. The number of carbonyl (C=O) groups excluding carboxylic acids is 2. The lowest BCUT2D eigenvalue weighted by Crippen LogP contribution is -2.24. The molecule has 0 aliphatic rings. The maximum Gasteiger partial charge on any atom is 0.344 e. The summed E-state index contributed by atoms with van der Waals surface area (Å²) in [6, 6.07) is 8.42. The molecule has 0 atom stereocenters. The van der Waals surface area contributed by atoms with Crippen LogP contribution in [-0.4, -0.2) is 30.1 Å². The number of anilines is 1. The molecule has 0 aliphatic carbocycles. The van der Waals surface area contributed by atoms with Gasteiger partial charge in [0.25, 0.3) is 5.91 Å². The smallest absolute Gasteiger partial charge is 0.344 e. The van der Waals surface area contributed by atoms with Gasteiger partial charge in [0.1, 0.15) is 5.75 Å². The molecule has 0 bridgehead atoms. The fourth-order valence-electron chi connectivity index (χ4n) is 1.56. The number of hydrogen-bond acceptors (Lipinski definition) is 5. The second-order valence-electron chi connectivity index (χ2n) is 4.44. The Kier molecular flexibility index (Phi) is 6.84. The second-order valence-corrected chi connectivity index (χ2v) is 6.20. The standard InChI is InChI=1S/C15H11BrCl2N2O4/c16-9-2-1-3-11(4-9)23-8-14(22)24-7-13(21)20-15-12(18)5-10(17)6-19-15/h1-6H,7-8H2,(H,19,20,21). The average molecular weight is 434 g/mol. The zero-order valence-corrected chi connectivity index (χ0v) is 15.2. The summed E-state index contributed by atoms with van der Waals surface area (Å²) in [5, 5.41) is 2.93. The van der Waals surface area contributed by atoms with Crippen LogP contribution >= 0.6 is 39.1 Å². The topological polar surface area (TPSA) is 77.5 Å². The van der Waals surface area contributed by atoms with Gasteiger partial charge in [-0.15, -0.1) is 0 Å². The van der Waals surface area contributed by atoms with Crippen molar-refractivity contribution >= 4 is 56.8 Å². The van der Waals surface area contributed by atoms with Gasteiger partial charge in [-0.3, -0.25) is 4.79 Å². The van der Waals surface area contributed by atoms with E-state index in [1.165, 1.54) is 12.3 Å². The predicted octanol–water partition coefficient (Wildman–Crippen LogP) is 3.71. The van der Waals surface area contributed by atoms with E-state index in [1.807, 2.05) is 6.07 Å². The van der Waals surface area contributed by atoms with Gasteiger partial charge in [0.05, 0.1) is 10.0 Å². The number of benzene rings is 1. The van der Waals surface area contributed by atoms with Gasteiger partial charge in [0.15, 0.2) is 19.0 Å². The molecule has 1 heterocycles. The van der Waals surface area contributed by atoms with Crippen LogP contribution in [-0.2, 0) is 14.3 Å². The molecule has 2 aromatic rings. The molecule has 1 amide bonds. The normalized spacial score (nSPS) is 10.1. The van der Waals surface area contributed by atoms with Crippen LogP contribution in [0.3, 0.4) is 0 Å². The van der Waals surface area contributed by atoms with Gasteiger partial charge in [0, 0.05) is 10.7 Å². The Morgan fingerprint density at radius 3 is 2.71 bits per heavy atom. The average Bonchev–Trinajstić information content (AvgIpc) is 2.54. The minimum Gasteiger partial charge on any atom is -0.482 e. The minimum absolute atomic E-state index is 0.132. The van der Waals surface area contributed by atoms with Gasteiger partial charge in [0.2, 0.25) is 0 Å². The highest BCUT2D eigenvalue weighted by molar-refractivity contribution is 9.10. The summed E-state index contributed by atoms with van der Waals surface area (Å²) in [7, 11) is 0. The van der Waals surface area contributed by atoms with Crippen LogP contribution in [0, 0.1) is 0 Å². The van der Waals surface area contributed by atoms with E-state index in [2.05, 4.69) is 26.2 Å². The Labute approximate surface area is 156 Å². The fraction of sp³-hybridized carbons (Fsp3) is 0.133. The summed E-state index contributed by atoms with van der Waals surface area (Å²) in [4.78, 5) is 27.1. The molecule has 2 rings (SSSR count). The first-order chi connectivity index (χ1) is 11.4. The minimum atomic E-state index is -0.680. The maximum absolute atomic E-state index is 11.7. The van der Waals surface area contributed by atoms with E-state index in [-0.39, 0.29) is 17.4 Å². The van der Waals surface area contributed by atoms with Gasteiger partial charge in [-0.1, -0.05) is 45.2 Å². The molecule has 0 aliphatic heterocycles. The van der Waals surface area contributed by atoms with Crippen LogP contribution < -0.4 is 10.1 Å². The summed E-state index contributed by atoms with van der Waals surface area (Å²) in [5.74, 6) is -0.627. The zero-order chi connectivity index (χ0) is 17.5. The summed E-state index contributed by atoms with van der Waals surface area (Å²) in [5.41, 5.74) is 0. The van der Waals surface area contributed by atoms with Crippen molar-refractivity contribution in [1.29, 1.82) is 0 Å². The van der Waals surface area contributed by atoms with Crippen LogP contribution in [0.15, 0.2) is 41.0 Å². The van der Waals surface area contributed by atoms with Gasteiger partial charge in [-0.05, 0) is 24.3 Å². The molecule has 0 radical (unpaired) electrons. The number of halogens is 3. The SMILES string of the molecule is O=C(COC(=O)COc1cccc(Br)c1)Nc1ncc(Cl)cc1Cl. The quantitative estimate of drug-likeness (QED) is 0.702. The number of esters is 1. The van der Waals surface area contributed by atoms with Crippen LogP contribution in [0.5, 0.6) is 5.75 Å². The highest BCUT2D eigenvalue weighted by Crippen LogP contribution is 2.22. The molecular formula is C15H11BrCl2N2O4. The number of rotatable bonds is 6. The summed E-state index contributed by atoms with van der Waals surface area (Å²) in [6.45, 7) is -0.801. The van der Waals surface area contributed by atoms with E-state index >= 15 is 0 Å². The lowest BCUT2D eigenvalue weighted by Gasteiger charge is -2.08. The van der Waals surface area contributed by atoms with E-state index in [1.54, 1.807) is 18.2 Å². The first kappa shape index (κ1) is 18.5. The number of hydrogen-bond donors (Lipinski definition) is 1. The van der Waals surface area contributed by atoms with Crippen LogP contribution in [0.25, 0.3) is 0 Å². The van der Waals surface area contributed by atoms with E-state index in [0.29, 0.717) is 10.8 Å². The second kappa shape index (κ2) is 8.86. The Bertz CT molecular complexity index is 758. The van der Waals surface area contributed by atoms with E-state index in [9.17, 15) is 9.59 Å². The van der Waals surface area contributed by atoms with E-state index in [4.69, 9.17) is 32.7 Å². The van der Waals surface area contributed by atoms with Crippen molar-refractivity contribution in [2.75, 3.05) is 18.5 Å². The Morgan fingerprint density at radius 1 is 1.21 bits per heavy atom. The largest absolute Gasteiger partial charge is 0.482 e. The highest BCUT2D eigenvalue weighted by Gasteiger charge is 2.11. The molecule has 0 saturated heterocycles. The number of nitrogens with zero attached hydrogens (tertiary/aromatic N) is 1. The Hall–Kier alpha value is -1.83. The number of ether oxygens (including phenoxy) is 2. The monoisotopic (exact) mass is 432 g/mol. The number of aromatic nitrogens is 1. The molecule has 0 spiro atoms. The maximum atomic E-state index is 11.7. The van der Waals surface area contributed by atoms with Crippen molar-refractivity contribution in [3.63, 3.8) is 0 Å². The van der Waals surface area contributed by atoms with Crippen LogP contribution in [0.1, 0.15) is 0 Å².